The lowest BCUT2D eigenvalue weighted by molar-refractivity contribution is 0.00895. The molecule has 0 aromatic heterocycles. The largest absolute Gasteiger partial charge is 0.444 e. The summed E-state index contributed by atoms with van der Waals surface area (Å²) >= 11 is 0. The van der Waals surface area contributed by atoms with Gasteiger partial charge in [-0.1, -0.05) is 13.8 Å². The van der Waals surface area contributed by atoms with Crippen molar-refractivity contribution in [3.05, 3.63) is 0 Å². The van der Waals surface area contributed by atoms with Crippen molar-refractivity contribution in [2.24, 2.45) is 5.41 Å². The summed E-state index contributed by atoms with van der Waals surface area (Å²) in [5.41, 5.74) is -0.718. The molecular formula is C13H26N2O3. The molecule has 1 amide bonds. The third kappa shape index (κ3) is 4.14. The van der Waals surface area contributed by atoms with Crippen LogP contribution in [-0.2, 0) is 4.74 Å². The fourth-order valence-corrected chi connectivity index (χ4v) is 1.88. The first kappa shape index (κ1) is 15.2. The van der Waals surface area contributed by atoms with Crippen LogP contribution >= 0.6 is 0 Å². The molecule has 18 heavy (non-hydrogen) atoms. The Hall–Kier alpha value is -0.810. The Morgan fingerprint density at radius 2 is 2.00 bits per heavy atom. The number of hydrogen-bond donors (Lipinski definition) is 2. The van der Waals surface area contributed by atoms with Crippen molar-refractivity contribution in [3.8, 4) is 0 Å². The molecule has 1 fully saturated rings. The number of aliphatic hydroxyl groups is 1. The minimum atomic E-state index is -0.468. The van der Waals surface area contributed by atoms with Crippen LogP contribution in [0, 0.1) is 5.41 Å². The van der Waals surface area contributed by atoms with E-state index in [4.69, 9.17) is 4.74 Å². The van der Waals surface area contributed by atoms with Gasteiger partial charge in [-0.25, -0.2) is 4.79 Å². The summed E-state index contributed by atoms with van der Waals surface area (Å²) in [7, 11) is 0. The third-order valence-electron chi connectivity index (χ3n) is 3.18. The minimum absolute atomic E-state index is 0.0868. The van der Waals surface area contributed by atoms with Gasteiger partial charge in [0.25, 0.3) is 0 Å². The van der Waals surface area contributed by atoms with Crippen LogP contribution in [0.15, 0.2) is 0 Å². The molecule has 5 heteroatoms. The SMILES string of the molecule is CC(C)(C)OC(=O)N1CCNC(C(C)(C)CO)C1. The fraction of sp³-hybridized carbons (Fsp3) is 0.923. The molecule has 1 saturated heterocycles. The molecule has 0 aromatic rings. The Kier molecular flexibility index (Phi) is 4.61. The first-order chi connectivity index (χ1) is 8.15. The van der Waals surface area contributed by atoms with Gasteiger partial charge in [0.15, 0.2) is 0 Å². The van der Waals surface area contributed by atoms with E-state index in [1.165, 1.54) is 0 Å². The monoisotopic (exact) mass is 258 g/mol. The number of amides is 1. The van der Waals surface area contributed by atoms with Crippen LogP contribution in [0.5, 0.6) is 0 Å². The molecule has 1 atom stereocenters. The second-order valence-corrected chi connectivity index (χ2v) is 6.58. The van der Waals surface area contributed by atoms with Gasteiger partial charge in [-0.05, 0) is 20.8 Å². The Balaban J connectivity index is 2.61. The topological polar surface area (TPSA) is 61.8 Å². The van der Waals surface area contributed by atoms with Crippen molar-refractivity contribution in [1.29, 1.82) is 0 Å². The van der Waals surface area contributed by atoms with Crippen LogP contribution in [0.3, 0.4) is 0 Å². The van der Waals surface area contributed by atoms with E-state index in [9.17, 15) is 9.90 Å². The lowest BCUT2D eigenvalue weighted by Gasteiger charge is -2.41. The summed E-state index contributed by atoms with van der Waals surface area (Å²) in [5.74, 6) is 0. The van der Waals surface area contributed by atoms with Crippen molar-refractivity contribution in [2.75, 3.05) is 26.2 Å². The highest BCUT2D eigenvalue weighted by Gasteiger charge is 2.35. The van der Waals surface area contributed by atoms with Crippen LogP contribution in [0.2, 0.25) is 0 Å². The summed E-state index contributed by atoms with van der Waals surface area (Å²) in [6.45, 7) is 11.6. The Morgan fingerprint density at radius 1 is 1.39 bits per heavy atom. The Bertz CT molecular complexity index is 297. The summed E-state index contributed by atoms with van der Waals surface area (Å²) in [6.07, 6.45) is -0.275. The number of aliphatic hydroxyl groups excluding tert-OH is 1. The summed E-state index contributed by atoms with van der Waals surface area (Å²) in [6, 6.07) is 0.0868. The highest BCUT2D eigenvalue weighted by Crippen LogP contribution is 2.23. The van der Waals surface area contributed by atoms with Crippen LogP contribution in [0.25, 0.3) is 0 Å². The van der Waals surface area contributed by atoms with E-state index in [0.717, 1.165) is 6.54 Å². The van der Waals surface area contributed by atoms with Gasteiger partial charge < -0.3 is 20.1 Å². The molecule has 5 nitrogen and oxygen atoms in total. The smallest absolute Gasteiger partial charge is 0.410 e. The van der Waals surface area contributed by atoms with Gasteiger partial charge in [0.2, 0.25) is 0 Å². The Morgan fingerprint density at radius 3 is 2.50 bits per heavy atom. The molecule has 0 saturated carbocycles. The number of carbonyl (C=O) groups is 1. The van der Waals surface area contributed by atoms with Crippen molar-refractivity contribution in [1.82, 2.24) is 10.2 Å². The lowest BCUT2D eigenvalue weighted by atomic mass is 9.84. The van der Waals surface area contributed by atoms with Crippen LogP contribution in [0.4, 0.5) is 4.79 Å². The predicted octanol–water partition coefficient (Wildman–Crippen LogP) is 1.21. The van der Waals surface area contributed by atoms with E-state index in [-0.39, 0.29) is 24.2 Å². The molecule has 1 rings (SSSR count). The number of carbonyl (C=O) groups excluding carboxylic acids is 1. The zero-order valence-corrected chi connectivity index (χ0v) is 12.1. The molecule has 0 aliphatic carbocycles. The number of piperazine rings is 1. The molecular weight excluding hydrogens is 232 g/mol. The van der Waals surface area contributed by atoms with Crippen molar-refractivity contribution in [2.45, 2.75) is 46.3 Å². The number of ether oxygens (including phenoxy) is 1. The van der Waals surface area contributed by atoms with E-state index in [2.05, 4.69) is 5.32 Å². The Labute approximate surface area is 109 Å². The predicted molar refractivity (Wildman–Crippen MR) is 70.5 cm³/mol. The highest BCUT2D eigenvalue weighted by molar-refractivity contribution is 5.68. The second-order valence-electron chi connectivity index (χ2n) is 6.58. The first-order valence-corrected chi connectivity index (χ1v) is 6.48. The maximum atomic E-state index is 12.0. The van der Waals surface area contributed by atoms with Gasteiger partial charge in [-0.2, -0.15) is 0 Å². The average Bonchev–Trinajstić information content (AvgIpc) is 2.27. The summed E-state index contributed by atoms with van der Waals surface area (Å²) in [5, 5.41) is 12.7. The van der Waals surface area contributed by atoms with Crippen molar-refractivity contribution in [3.63, 3.8) is 0 Å². The van der Waals surface area contributed by atoms with Crippen LogP contribution in [-0.4, -0.2) is 54.0 Å². The van der Waals surface area contributed by atoms with Crippen LogP contribution in [0.1, 0.15) is 34.6 Å². The molecule has 1 heterocycles. The van der Waals surface area contributed by atoms with Gasteiger partial charge in [0.05, 0.1) is 0 Å². The molecule has 106 valence electrons. The number of nitrogens with one attached hydrogen (secondary N) is 1. The summed E-state index contributed by atoms with van der Waals surface area (Å²) < 4.78 is 5.37. The van der Waals surface area contributed by atoms with Gasteiger partial charge in [0.1, 0.15) is 5.60 Å². The molecule has 0 bridgehead atoms. The molecule has 0 radical (unpaired) electrons. The van der Waals surface area contributed by atoms with Crippen LogP contribution < -0.4 is 5.32 Å². The van der Waals surface area contributed by atoms with Gasteiger partial charge >= 0.3 is 6.09 Å². The molecule has 1 aliphatic heterocycles. The standard InChI is InChI=1S/C13H26N2O3/c1-12(2,3)18-11(17)15-7-6-14-10(8-15)13(4,5)9-16/h10,14,16H,6-9H2,1-5H3. The minimum Gasteiger partial charge on any atom is -0.444 e. The maximum Gasteiger partial charge on any atom is 0.410 e. The van der Waals surface area contributed by atoms with E-state index >= 15 is 0 Å². The fourth-order valence-electron chi connectivity index (χ4n) is 1.88. The number of nitrogens with zero attached hydrogens (tertiary/aromatic N) is 1. The molecule has 0 spiro atoms. The average molecular weight is 258 g/mol. The lowest BCUT2D eigenvalue weighted by Crippen LogP contribution is -2.59. The quantitative estimate of drug-likeness (QED) is 0.781. The van der Waals surface area contributed by atoms with Gasteiger partial charge in [0, 0.05) is 37.7 Å². The number of hydrogen-bond acceptors (Lipinski definition) is 4. The van der Waals surface area contributed by atoms with E-state index in [0.29, 0.717) is 13.1 Å². The van der Waals surface area contributed by atoms with E-state index < -0.39 is 5.60 Å². The van der Waals surface area contributed by atoms with E-state index in [1.807, 2.05) is 34.6 Å². The van der Waals surface area contributed by atoms with Crippen molar-refractivity contribution < 1.29 is 14.6 Å². The van der Waals surface area contributed by atoms with Gasteiger partial charge in [-0.3, -0.25) is 0 Å². The molecule has 1 aliphatic rings. The summed E-state index contributed by atoms with van der Waals surface area (Å²) in [4.78, 5) is 13.7. The number of rotatable bonds is 2. The second kappa shape index (κ2) is 5.45. The zero-order chi connectivity index (χ0) is 14.0. The molecule has 0 aromatic carbocycles. The zero-order valence-electron chi connectivity index (χ0n) is 12.1. The molecule has 2 N–H and O–H groups in total. The van der Waals surface area contributed by atoms with Gasteiger partial charge in [-0.15, -0.1) is 0 Å². The normalized spacial score (nSPS) is 21.9. The highest BCUT2D eigenvalue weighted by atomic mass is 16.6. The molecule has 1 unspecified atom stereocenters. The first-order valence-electron chi connectivity index (χ1n) is 6.48. The van der Waals surface area contributed by atoms with Crippen molar-refractivity contribution >= 4 is 6.09 Å². The third-order valence-corrected chi connectivity index (χ3v) is 3.18. The van der Waals surface area contributed by atoms with E-state index in [1.54, 1.807) is 4.90 Å². The maximum absolute atomic E-state index is 12.0.